The molecule has 0 amide bonds. The molecular formula is C12H7O3. The quantitative estimate of drug-likeness (QED) is 0.704. The first kappa shape index (κ1) is 8.29. The van der Waals surface area contributed by atoms with Gasteiger partial charge in [0.05, 0.1) is 5.56 Å². The molecule has 0 spiro atoms. The number of ether oxygens (including phenoxy) is 2. The van der Waals surface area contributed by atoms with Crippen LogP contribution in [0.15, 0.2) is 30.3 Å². The molecule has 1 aliphatic rings. The first-order valence-electron chi connectivity index (χ1n) is 4.59. The van der Waals surface area contributed by atoms with Gasteiger partial charge in [-0.1, -0.05) is 24.3 Å². The van der Waals surface area contributed by atoms with Crippen molar-refractivity contribution in [2.24, 2.45) is 0 Å². The molecule has 73 valence electrons. The van der Waals surface area contributed by atoms with Gasteiger partial charge >= 0.3 is 0 Å². The molecule has 0 N–H and O–H groups in total. The van der Waals surface area contributed by atoms with Crippen molar-refractivity contribution in [3.63, 3.8) is 0 Å². The van der Waals surface area contributed by atoms with Gasteiger partial charge in [-0.25, -0.2) is 0 Å². The van der Waals surface area contributed by atoms with Gasteiger partial charge in [-0.3, -0.25) is 4.79 Å². The van der Waals surface area contributed by atoms with Gasteiger partial charge in [0.25, 0.3) is 0 Å². The van der Waals surface area contributed by atoms with Crippen LogP contribution >= 0.6 is 0 Å². The predicted molar refractivity (Wildman–Crippen MR) is 54.9 cm³/mol. The second-order valence-electron chi connectivity index (χ2n) is 3.31. The molecule has 0 saturated heterocycles. The molecule has 0 bridgehead atoms. The van der Waals surface area contributed by atoms with Crippen molar-refractivity contribution < 1.29 is 14.3 Å². The van der Waals surface area contributed by atoms with Gasteiger partial charge in [-0.05, 0) is 16.8 Å². The third-order valence-electron chi connectivity index (χ3n) is 2.49. The number of fused-ring (bicyclic) bond motifs is 2. The monoisotopic (exact) mass is 199 g/mol. The normalized spacial score (nSPS) is 13.1. The topological polar surface area (TPSA) is 35.5 Å². The smallest absolute Gasteiger partial charge is 0.238 e. The zero-order valence-corrected chi connectivity index (χ0v) is 7.82. The lowest BCUT2D eigenvalue weighted by Gasteiger charge is -2.03. The average Bonchev–Trinajstić information content (AvgIpc) is 2.73. The molecule has 1 radical (unpaired) electrons. The predicted octanol–water partition coefficient (Wildman–Crippen LogP) is 2.03. The maximum Gasteiger partial charge on any atom is 0.238 e. The fourth-order valence-corrected chi connectivity index (χ4v) is 1.81. The van der Waals surface area contributed by atoms with Gasteiger partial charge in [0.1, 0.15) is 0 Å². The van der Waals surface area contributed by atoms with E-state index in [1.165, 1.54) is 0 Å². The van der Waals surface area contributed by atoms with E-state index in [0.717, 1.165) is 10.8 Å². The maximum absolute atomic E-state index is 10.9. The summed E-state index contributed by atoms with van der Waals surface area (Å²) in [6.07, 6.45) is 1.92. The summed E-state index contributed by atoms with van der Waals surface area (Å²) in [4.78, 5) is 10.9. The molecule has 3 rings (SSSR count). The Morgan fingerprint density at radius 3 is 2.93 bits per heavy atom. The number of hydrogen-bond acceptors (Lipinski definition) is 3. The molecule has 15 heavy (non-hydrogen) atoms. The lowest BCUT2D eigenvalue weighted by molar-refractivity contribution is 0.174. The molecule has 2 aromatic carbocycles. The third-order valence-corrected chi connectivity index (χ3v) is 2.49. The van der Waals surface area contributed by atoms with Crippen molar-refractivity contribution in [1.29, 1.82) is 0 Å². The molecule has 2 aromatic rings. The molecule has 0 atom stereocenters. The first-order chi connectivity index (χ1) is 7.40. The Labute approximate surface area is 86.2 Å². The van der Waals surface area contributed by atoms with E-state index < -0.39 is 0 Å². The Morgan fingerprint density at radius 2 is 2.07 bits per heavy atom. The van der Waals surface area contributed by atoms with Crippen LogP contribution in [-0.4, -0.2) is 13.1 Å². The van der Waals surface area contributed by atoms with Crippen LogP contribution in [0.5, 0.6) is 11.5 Å². The first-order valence-corrected chi connectivity index (χ1v) is 4.59. The van der Waals surface area contributed by atoms with Gasteiger partial charge in [0.2, 0.25) is 13.1 Å². The van der Waals surface area contributed by atoms with Gasteiger partial charge in [0, 0.05) is 0 Å². The summed E-state index contributed by atoms with van der Waals surface area (Å²) in [7, 11) is 0. The maximum atomic E-state index is 10.9. The molecule has 0 unspecified atom stereocenters. The summed E-state index contributed by atoms with van der Waals surface area (Å²) < 4.78 is 10.5. The summed E-state index contributed by atoms with van der Waals surface area (Å²) in [6, 6.07) is 9.47. The van der Waals surface area contributed by atoms with Gasteiger partial charge in [0.15, 0.2) is 11.5 Å². The Bertz CT molecular complexity index is 546. The molecular weight excluding hydrogens is 192 g/mol. The van der Waals surface area contributed by atoms with Crippen molar-refractivity contribution in [3.05, 3.63) is 35.9 Å². The summed E-state index contributed by atoms with van der Waals surface area (Å²) in [5, 5.41) is 1.80. The highest BCUT2D eigenvalue weighted by atomic mass is 16.7. The Balaban J connectivity index is 2.46. The second kappa shape index (κ2) is 2.98. The highest BCUT2D eigenvalue weighted by molar-refractivity contribution is 6.02. The van der Waals surface area contributed by atoms with Crippen LogP contribution in [0, 0.1) is 0 Å². The highest BCUT2D eigenvalue weighted by Gasteiger charge is 2.20. The van der Waals surface area contributed by atoms with E-state index in [1.54, 1.807) is 0 Å². The molecule has 0 saturated carbocycles. The van der Waals surface area contributed by atoms with Crippen molar-refractivity contribution in [1.82, 2.24) is 0 Å². The lowest BCUT2D eigenvalue weighted by Crippen LogP contribution is -1.94. The average molecular weight is 199 g/mol. The standard InChI is InChI=1S/C12H7O3/c13-6-10-9-4-2-1-3-8(9)5-11-12(10)15-7-14-11/h1-5H,7H2. The second-order valence-corrected chi connectivity index (χ2v) is 3.31. The van der Waals surface area contributed by atoms with Crippen molar-refractivity contribution in [2.75, 3.05) is 6.79 Å². The Kier molecular flexibility index (Phi) is 1.65. The van der Waals surface area contributed by atoms with Crippen LogP contribution in [0.1, 0.15) is 5.56 Å². The SMILES string of the molecule is O=[C]c1c2c(cc3ccccc13)OCO2. The van der Waals surface area contributed by atoms with Crippen molar-refractivity contribution >= 4 is 17.1 Å². The molecule has 3 nitrogen and oxygen atoms in total. The van der Waals surface area contributed by atoms with Crippen LogP contribution in [0.4, 0.5) is 0 Å². The zero-order valence-electron chi connectivity index (χ0n) is 7.82. The van der Waals surface area contributed by atoms with E-state index >= 15 is 0 Å². The fraction of sp³-hybridized carbons (Fsp3) is 0.0833. The highest BCUT2D eigenvalue weighted by Crippen LogP contribution is 2.39. The van der Waals surface area contributed by atoms with Crippen LogP contribution in [0.2, 0.25) is 0 Å². The van der Waals surface area contributed by atoms with E-state index in [2.05, 4.69) is 0 Å². The summed E-state index contributed by atoms with van der Waals surface area (Å²) in [5.74, 6) is 1.12. The molecule has 1 heterocycles. The van der Waals surface area contributed by atoms with Crippen LogP contribution < -0.4 is 9.47 Å². The van der Waals surface area contributed by atoms with Crippen molar-refractivity contribution in [3.8, 4) is 11.5 Å². The van der Waals surface area contributed by atoms with E-state index in [4.69, 9.17) is 9.47 Å². The number of benzene rings is 2. The zero-order chi connectivity index (χ0) is 10.3. The van der Waals surface area contributed by atoms with E-state index in [1.807, 2.05) is 36.6 Å². The molecule has 1 aliphatic heterocycles. The third kappa shape index (κ3) is 1.09. The lowest BCUT2D eigenvalue weighted by atomic mass is 10.0. The van der Waals surface area contributed by atoms with Gasteiger partial charge < -0.3 is 9.47 Å². The molecule has 0 fully saturated rings. The minimum Gasteiger partial charge on any atom is -0.454 e. The van der Waals surface area contributed by atoms with Crippen LogP contribution in [-0.2, 0) is 4.79 Å². The van der Waals surface area contributed by atoms with Gasteiger partial charge in [-0.15, -0.1) is 0 Å². The minimum atomic E-state index is 0.167. The largest absolute Gasteiger partial charge is 0.454 e. The number of carbonyl (C=O) groups excluding carboxylic acids is 1. The van der Waals surface area contributed by atoms with E-state index in [0.29, 0.717) is 17.1 Å². The van der Waals surface area contributed by atoms with Crippen molar-refractivity contribution in [2.45, 2.75) is 0 Å². The number of hydrogen-bond donors (Lipinski definition) is 0. The van der Waals surface area contributed by atoms with E-state index in [-0.39, 0.29) is 6.79 Å². The summed E-state index contributed by atoms with van der Waals surface area (Å²) in [5.41, 5.74) is 0.445. The molecule has 0 aliphatic carbocycles. The van der Waals surface area contributed by atoms with Crippen LogP contribution in [0.25, 0.3) is 10.8 Å². The van der Waals surface area contributed by atoms with E-state index in [9.17, 15) is 4.79 Å². The Morgan fingerprint density at radius 1 is 1.20 bits per heavy atom. The van der Waals surface area contributed by atoms with Crippen LogP contribution in [0.3, 0.4) is 0 Å². The minimum absolute atomic E-state index is 0.167. The van der Waals surface area contributed by atoms with Gasteiger partial charge in [-0.2, -0.15) is 0 Å². The fourth-order valence-electron chi connectivity index (χ4n) is 1.81. The summed E-state index contributed by atoms with van der Waals surface area (Å²) in [6.45, 7) is 0.167. The molecule has 3 heteroatoms. The Hall–Kier alpha value is -2.03. The summed E-state index contributed by atoms with van der Waals surface area (Å²) >= 11 is 0. The molecule has 0 aromatic heterocycles. The number of rotatable bonds is 1.